The van der Waals surface area contributed by atoms with Gasteiger partial charge in [-0.15, -0.1) is 0 Å². The second-order valence-corrected chi connectivity index (χ2v) is 4.45. The Hall–Kier alpha value is -2.20. The van der Waals surface area contributed by atoms with E-state index in [1.807, 2.05) is 36.4 Å². The highest BCUT2D eigenvalue weighted by Crippen LogP contribution is 2.26. The number of phenols is 1. The van der Waals surface area contributed by atoms with Crippen LogP contribution in [0.4, 0.5) is 5.69 Å². The molecule has 0 spiro atoms. The van der Waals surface area contributed by atoms with E-state index in [0.717, 1.165) is 16.8 Å². The third kappa shape index (κ3) is 3.42. The summed E-state index contributed by atoms with van der Waals surface area (Å²) in [6, 6.07) is 13.3. The molecule has 0 aromatic heterocycles. The summed E-state index contributed by atoms with van der Waals surface area (Å²) >= 11 is 0. The largest absolute Gasteiger partial charge is 0.504 e. The topological polar surface area (TPSA) is 50.7 Å². The van der Waals surface area contributed by atoms with Crippen LogP contribution in [-0.2, 0) is 17.9 Å². The molecule has 4 heteroatoms. The number of hydrogen-bond acceptors (Lipinski definition) is 4. The van der Waals surface area contributed by atoms with Crippen molar-refractivity contribution in [3.63, 3.8) is 0 Å². The summed E-state index contributed by atoms with van der Waals surface area (Å²) in [6.07, 6.45) is 0. The lowest BCUT2D eigenvalue weighted by Crippen LogP contribution is -2.03. The zero-order valence-electron chi connectivity index (χ0n) is 11.7. The lowest BCUT2D eigenvalue weighted by atomic mass is 10.1. The van der Waals surface area contributed by atoms with Gasteiger partial charge in [0.05, 0.1) is 13.7 Å². The molecule has 2 rings (SSSR count). The third-order valence-electron chi connectivity index (χ3n) is 3.04. The van der Waals surface area contributed by atoms with Crippen LogP contribution in [0.25, 0.3) is 0 Å². The predicted molar refractivity (Wildman–Crippen MR) is 79.1 cm³/mol. The van der Waals surface area contributed by atoms with Gasteiger partial charge in [0, 0.05) is 24.9 Å². The van der Waals surface area contributed by atoms with Crippen molar-refractivity contribution < 1.29 is 14.6 Å². The van der Waals surface area contributed by atoms with Crippen LogP contribution >= 0.6 is 0 Å². The van der Waals surface area contributed by atoms with E-state index in [-0.39, 0.29) is 5.75 Å². The highest BCUT2D eigenvalue weighted by atomic mass is 16.5. The molecule has 0 amide bonds. The molecule has 0 saturated heterocycles. The SMILES string of the molecule is COCc1ccccc1NCc1ccc(O)c(OC)c1. The summed E-state index contributed by atoms with van der Waals surface area (Å²) in [4.78, 5) is 0. The van der Waals surface area contributed by atoms with Crippen LogP contribution in [0.1, 0.15) is 11.1 Å². The number of benzene rings is 2. The molecule has 0 fully saturated rings. The van der Waals surface area contributed by atoms with Crippen molar-refractivity contribution >= 4 is 5.69 Å². The Kier molecular flexibility index (Phi) is 4.85. The molecule has 0 unspecified atom stereocenters. The second kappa shape index (κ2) is 6.82. The summed E-state index contributed by atoms with van der Waals surface area (Å²) in [5.74, 6) is 0.630. The molecule has 20 heavy (non-hydrogen) atoms. The second-order valence-electron chi connectivity index (χ2n) is 4.45. The fourth-order valence-electron chi connectivity index (χ4n) is 2.00. The van der Waals surface area contributed by atoms with Crippen molar-refractivity contribution in [1.29, 1.82) is 0 Å². The van der Waals surface area contributed by atoms with E-state index >= 15 is 0 Å². The first-order valence-corrected chi connectivity index (χ1v) is 6.41. The number of nitrogens with one attached hydrogen (secondary N) is 1. The van der Waals surface area contributed by atoms with Gasteiger partial charge in [-0.1, -0.05) is 24.3 Å². The fraction of sp³-hybridized carbons (Fsp3) is 0.250. The first-order valence-electron chi connectivity index (χ1n) is 6.41. The molecule has 0 aliphatic heterocycles. The summed E-state index contributed by atoms with van der Waals surface area (Å²) in [7, 11) is 3.22. The van der Waals surface area contributed by atoms with Crippen molar-refractivity contribution in [2.45, 2.75) is 13.2 Å². The number of phenolic OH excluding ortho intramolecular Hbond substituents is 1. The van der Waals surface area contributed by atoms with Gasteiger partial charge in [0.1, 0.15) is 0 Å². The van der Waals surface area contributed by atoms with Crippen molar-refractivity contribution in [2.75, 3.05) is 19.5 Å². The van der Waals surface area contributed by atoms with Crippen LogP contribution in [0.3, 0.4) is 0 Å². The molecule has 0 aliphatic rings. The number of ether oxygens (including phenoxy) is 2. The summed E-state index contributed by atoms with van der Waals surface area (Å²) in [5.41, 5.74) is 3.19. The standard InChI is InChI=1S/C16H19NO3/c1-19-11-13-5-3-4-6-14(13)17-10-12-7-8-15(18)16(9-12)20-2/h3-9,17-18H,10-11H2,1-2H3. The average molecular weight is 273 g/mol. The van der Waals surface area contributed by atoms with Crippen LogP contribution in [0, 0.1) is 0 Å². The van der Waals surface area contributed by atoms with Crippen LogP contribution in [0.15, 0.2) is 42.5 Å². The molecule has 2 aromatic carbocycles. The van der Waals surface area contributed by atoms with Crippen LogP contribution in [-0.4, -0.2) is 19.3 Å². The Balaban J connectivity index is 2.09. The minimum Gasteiger partial charge on any atom is -0.504 e. The van der Waals surface area contributed by atoms with Gasteiger partial charge < -0.3 is 19.9 Å². The molecule has 0 radical (unpaired) electrons. The van der Waals surface area contributed by atoms with Crippen molar-refractivity contribution in [2.24, 2.45) is 0 Å². The fourth-order valence-corrected chi connectivity index (χ4v) is 2.00. The van der Waals surface area contributed by atoms with E-state index in [1.54, 1.807) is 20.3 Å². The minimum absolute atomic E-state index is 0.149. The Morgan fingerprint density at radius 2 is 1.90 bits per heavy atom. The molecule has 106 valence electrons. The van der Waals surface area contributed by atoms with E-state index in [2.05, 4.69) is 5.32 Å². The Bertz CT molecular complexity index is 569. The molecule has 2 aromatic rings. The maximum Gasteiger partial charge on any atom is 0.160 e. The molecule has 0 heterocycles. The Morgan fingerprint density at radius 3 is 2.65 bits per heavy atom. The number of para-hydroxylation sites is 1. The molecular weight excluding hydrogens is 254 g/mol. The number of rotatable bonds is 6. The number of hydrogen-bond donors (Lipinski definition) is 2. The van der Waals surface area contributed by atoms with Crippen LogP contribution in [0.5, 0.6) is 11.5 Å². The molecule has 0 aliphatic carbocycles. The van der Waals surface area contributed by atoms with Gasteiger partial charge in [0.25, 0.3) is 0 Å². The smallest absolute Gasteiger partial charge is 0.160 e. The first kappa shape index (κ1) is 14.2. The van der Waals surface area contributed by atoms with Crippen molar-refractivity contribution in [3.8, 4) is 11.5 Å². The monoisotopic (exact) mass is 273 g/mol. The number of methoxy groups -OCH3 is 2. The van der Waals surface area contributed by atoms with Gasteiger partial charge in [-0.25, -0.2) is 0 Å². The lowest BCUT2D eigenvalue weighted by molar-refractivity contribution is 0.185. The molecule has 0 atom stereocenters. The van der Waals surface area contributed by atoms with Gasteiger partial charge in [0.15, 0.2) is 11.5 Å². The minimum atomic E-state index is 0.149. The predicted octanol–water partition coefficient (Wildman–Crippen LogP) is 3.16. The van der Waals surface area contributed by atoms with E-state index in [1.165, 1.54) is 0 Å². The normalized spacial score (nSPS) is 10.3. The van der Waals surface area contributed by atoms with E-state index in [9.17, 15) is 5.11 Å². The molecular formula is C16H19NO3. The number of aromatic hydroxyl groups is 1. The highest BCUT2D eigenvalue weighted by molar-refractivity contribution is 5.51. The summed E-state index contributed by atoms with van der Waals surface area (Å²) in [6.45, 7) is 1.22. The van der Waals surface area contributed by atoms with Gasteiger partial charge >= 0.3 is 0 Å². The number of anilines is 1. The molecule has 0 saturated carbocycles. The van der Waals surface area contributed by atoms with E-state index in [0.29, 0.717) is 18.9 Å². The molecule has 2 N–H and O–H groups in total. The van der Waals surface area contributed by atoms with Crippen LogP contribution < -0.4 is 10.1 Å². The summed E-state index contributed by atoms with van der Waals surface area (Å²) in [5, 5.41) is 12.9. The maximum atomic E-state index is 9.57. The lowest BCUT2D eigenvalue weighted by Gasteiger charge is -2.12. The average Bonchev–Trinajstić information content (AvgIpc) is 2.48. The Morgan fingerprint density at radius 1 is 1.10 bits per heavy atom. The van der Waals surface area contributed by atoms with Gasteiger partial charge in [-0.2, -0.15) is 0 Å². The third-order valence-corrected chi connectivity index (χ3v) is 3.04. The first-order chi connectivity index (χ1) is 9.74. The molecule has 0 bridgehead atoms. The van der Waals surface area contributed by atoms with Gasteiger partial charge in [-0.05, 0) is 23.8 Å². The maximum absolute atomic E-state index is 9.57. The zero-order chi connectivity index (χ0) is 14.4. The summed E-state index contributed by atoms with van der Waals surface area (Å²) < 4.78 is 10.3. The van der Waals surface area contributed by atoms with Crippen LogP contribution in [0.2, 0.25) is 0 Å². The zero-order valence-corrected chi connectivity index (χ0v) is 11.7. The van der Waals surface area contributed by atoms with E-state index in [4.69, 9.17) is 9.47 Å². The Labute approximate surface area is 119 Å². The van der Waals surface area contributed by atoms with Crippen molar-refractivity contribution in [1.82, 2.24) is 0 Å². The van der Waals surface area contributed by atoms with E-state index < -0.39 is 0 Å². The molecule has 4 nitrogen and oxygen atoms in total. The van der Waals surface area contributed by atoms with Gasteiger partial charge in [0.2, 0.25) is 0 Å². The quantitative estimate of drug-likeness (QED) is 0.849. The highest BCUT2D eigenvalue weighted by Gasteiger charge is 2.04. The van der Waals surface area contributed by atoms with Gasteiger partial charge in [-0.3, -0.25) is 0 Å². The van der Waals surface area contributed by atoms with Crippen molar-refractivity contribution in [3.05, 3.63) is 53.6 Å².